The number of carbonyl (C=O) groups excluding carboxylic acids is 2. The van der Waals surface area contributed by atoms with Crippen LogP contribution in [0, 0.1) is 6.92 Å². The van der Waals surface area contributed by atoms with E-state index in [1.54, 1.807) is 23.1 Å². The normalized spacial score (nSPS) is 18.1. The fourth-order valence-corrected chi connectivity index (χ4v) is 4.01. The Morgan fingerprint density at radius 3 is 2.38 bits per heavy atom. The molecule has 0 aromatic heterocycles. The number of hydrogen-bond acceptors (Lipinski definition) is 5. The number of likely N-dealkylation sites (tertiary alicyclic amines) is 1. The summed E-state index contributed by atoms with van der Waals surface area (Å²) in [6, 6.07) is 12.1. The highest BCUT2D eigenvalue weighted by molar-refractivity contribution is 9.10. The average Bonchev–Trinajstić information content (AvgIpc) is 2.98. The first-order valence-corrected chi connectivity index (χ1v) is 11.4. The van der Waals surface area contributed by atoms with E-state index in [4.69, 9.17) is 4.74 Å². The van der Waals surface area contributed by atoms with Gasteiger partial charge in [-0.05, 0) is 76.3 Å². The smallest absolute Gasteiger partial charge is 0.295 e. The number of rotatable bonds is 7. The molecular weight excluding hydrogens is 472 g/mol. The van der Waals surface area contributed by atoms with Crippen molar-refractivity contribution in [3.63, 3.8) is 0 Å². The van der Waals surface area contributed by atoms with Gasteiger partial charge in [-0.1, -0.05) is 28.1 Å². The van der Waals surface area contributed by atoms with E-state index < -0.39 is 17.7 Å². The molecule has 1 saturated heterocycles. The number of ether oxygens (including phenoxy) is 1. The summed E-state index contributed by atoms with van der Waals surface area (Å²) in [5.41, 5.74) is 2.19. The number of nitrogens with zero attached hydrogens (tertiary/aromatic N) is 2. The molecule has 2 aromatic carbocycles. The van der Waals surface area contributed by atoms with Crippen molar-refractivity contribution in [1.82, 2.24) is 9.80 Å². The molecule has 1 N–H and O–H groups in total. The van der Waals surface area contributed by atoms with E-state index in [2.05, 4.69) is 15.9 Å². The van der Waals surface area contributed by atoms with Gasteiger partial charge in [0.1, 0.15) is 11.5 Å². The first-order valence-electron chi connectivity index (χ1n) is 10.6. The van der Waals surface area contributed by atoms with Crippen molar-refractivity contribution in [2.24, 2.45) is 0 Å². The lowest BCUT2D eigenvalue weighted by molar-refractivity contribution is -0.140. The molecular formula is C25H29BrN2O4. The predicted octanol–water partition coefficient (Wildman–Crippen LogP) is 4.53. The van der Waals surface area contributed by atoms with Crippen molar-refractivity contribution >= 4 is 33.4 Å². The van der Waals surface area contributed by atoms with Gasteiger partial charge in [-0.2, -0.15) is 0 Å². The minimum absolute atomic E-state index is 0.0209. The van der Waals surface area contributed by atoms with Crippen LogP contribution in [0.3, 0.4) is 0 Å². The van der Waals surface area contributed by atoms with E-state index in [-0.39, 0.29) is 17.4 Å². The van der Waals surface area contributed by atoms with Crippen LogP contribution in [-0.2, 0) is 9.59 Å². The molecule has 1 aliphatic rings. The van der Waals surface area contributed by atoms with Crippen LogP contribution in [0.2, 0.25) is 0 Å². The first-order chi connectivity index (χ1) is 15.1. The van der Waals surface area contributed by atoms with Gasteiger partial charge in [0.2, 0.25) is 0 Å². The number of aliphatic hydroxyl groups excluding tert-OH is 1. The molecule has 32 heavy (non-hydrogen) atoms. The van der Waals surface area contributed by atoms with Crippen LogP contribution in [0.15, 0.2) is 52.5 Å². The summed E-state index contributed by atoms with van der Waals surface area (Å²) >= 11 is 3.43. The van der Waals surface area contributed by atoms with Crippen LogP contribution in [0.4, 0.5) is 0 Å². The van der Waals surface area contributed by atoms with Gasteiger partial charge in [0.05, 0.1) is 17.7 Å². The summed E-state index contributed by atoms with van der Waals surface area (Å²) in [7, 11) is 3.82. The summed E-state index contributed by atoms with van der Waals surface area (Å²) in [5, 5.41) is 11.2. The predicted molar refractivity (Wildman–Crippen MR) is 129 cm³/mol. The number of aliphatic hydroxyl groups is 1. The summed E-state index contributed by atoms with van der Waals surface area (Å²) in [6.07, 6.45) is 0.0209. The molecule has 7 heteroatoms. The maximum Gasteiger partial charge on any atom is 0.295 e. The van der Waals surface area contributed by atoms with Gasteiger partial charge in [0.25, 0.3) is 11.7 Å². The van der Waals surface area contributed by atoms with E-state index in [9.17, 15) is 14.7 Å². The van der Waals surface area contributed by atoms with E-state index >= 15 is 0 Å². The largest absolute Gasteiger partial charge is 0.507 e. The molecule has 0 bridgehead atoms. The number of carbonyl (C=O) groups is 2. The third-order valence-corrected chi connectivity index (χ3v) is 5.85. The lowest BCUT2D eigenvalue weighted by atomic mass is 9.95. The van der Waals surface area contributed by atoms with Crippen molar-refractivity contribution < 1.29 is 19.4 Å². The minimum Gasteiger partial charge on any atom is -0.507 e. The Morgan fingerprint density at radius 2 is 1.81 bits per heavy atom. The molecule has 170 valence electrons. The third kappa shape index (κ3) is 5.05. The summed E-state index contributed by atoms with van der Waals surface area (Å²) in [6.45, 7) is 6.74. The SMILES string of the molecule is Cc1cc(/C(O)=C2\C(=O)C(=O)N(CCN(C)C)[C@@H]2c2ccc(Br)cc2)ccc1OC(C)C. The van der Waals surface area contributed by atoms with E-state index in [0.29, 0.717) is 24.4 Å². The maximum absolute atomic E-state index is 13.1. The topological polar surface area (TPSA) is 70.1 Å². The maximum atomic E-state index is 13.1. The summed E-state index contributed by atoms with van der Waals surface area (Å²) < 4.78 is 6.67. The Hall–Kier alpha value is -2.64. The van der Waals surface area contributed by atoms with Crippen LogP contribution in [-0.4, -0.2) is 59.9 Å². The summed E-state index contributed by atoms with van der Waals surface area (Å²) in [4.78, 5) is 29.5. The molecule has 1 heterocycles. The van der Waals surface area contributed by atoms with Crippen molar-refractivity contribution in [2.75, 3.05) is 27.2 Å². The van der Waals surface area contributed by atoms with Crippen LogP contribution < -0.4 is 4.74 Å². The van der Waals surface area contributed by atoms with Crippen molar-refractivity contribution in [3.05, 3.63) is 69.2 Å². The zero-order valence-corrected chi connectivity index (χ0v) is 20.6. The van der Waals surface area contributed by atoms with Crippen LogP contribution >= 0.6 is 15.9 Å². The Bertz CT molecular complexity index is 1040. The summed E-state index contributed by atoms with van der Waals surface area (Å²) in [5.74, 6) is -0.734. The average molecular weight is 501 g/mol. The van der Waals surface area contributed by atoms with Gasteiger partial charge >= 0.3 is 0 Å². The number of Topliss-reactive ketones (excluding diaryl/α,β-unsaturated/α-hetero) is 1. The van der Waals surface area contributed by atoms with E-state index in [1.807, 2.05) is 64.0 Å². The zero-order chi connectivity index (χ0) is 23.6. The first kappa shape index (κ1) is 24.0. The fourth-order valence-electron chi connectivity index (χ4n) is 3.75. The van der Waals surface area contributed by atoms with Gasteiger partial charge in [-0.25, -0.2) is 0 Å². The zero-order valence-electron chi connectivity index (χ0n) is 19.1. The Balaban J connectivity index is 2.11. The second-order valence-electron chi connectivity index (χ2n) is 8.49. The highest BCUT2D eigenvalue weighted by atomic mass is 79.9. The van der Waals surface area contributed by atoms with Gasteiger partial charge in [0, 0.05) is 23.1 Å². The minimum atomic E-state index is -0.672. The van der Waals surface area contributed by atoms with Crippen molar-refractivity contribution in [2.45, 2.75) is 32.9 Å². The number of ketones is 1. The molecule has 1 amide bonds. The molecule has 0 radical (unpaired) electrons. The molecule has 0 unspecified atom stereocenters. The molecule has 3 rings (SSSR count). The van der Waals surface area contributed by atoms with Crippen molar-refractivity contribution in [1.29, 1.82) is 0 Å². The molecule has 6 nitrogen and oxygen atoms in total. The molecule has 0 spiro atoms. The van der Waals surface area contributed by atoms with Gasteiger partial charge < -0.3 is 19.6 Å². The second kappa shape index (κ2) is 9.88. The van der Waals surface area contributed by atoms with E-state index in [0.717, 1.165) is 15.6 Å². The Kier molecular flexibility index (Phi) is 7.41. The monoisotopic (exact) mass is 500 g/mol. The molecule has 0 aliphatic carbocycles. The quantitative estimate of drug-likeness (QED) is 0.343. The lowest BCUT2D eigenvalue weighted by Crippen LogP contribution is -2.35. The number of aryl methyl sites for hydroxylation is 1. The van der Waals surface area contributed by atoms with Crippen LogP contribution in [0.1, 0.15) is 36.6 Å². The number of benzene rings is 2. The van der Waals surface area contributed by atoms with Crippen molar-refractivity contribution in [3.8, 4) is 5.75 Å². The third-order valence-electron chi connectivity index (χ3n) is 5.32. The molecule has 1 aliphatic heterocycles. The van der Waals surface area contributed by atoms with Gasteiger partial charge in [-0.15, -0.1) is 0 Å². The highest BCUT2D eigenvalue weighted by Gasteiger charge is 2.45. The number of hydrogen-bond donors (Lipinski definition) is 1. The van der Waals surface area contributed by atoms with E-state index in [1.165, 1.54) is 0 Å². The van der Waals surface area contributed by atoms with Gasteiger partial charge in [-0.3, -0.25) is 9.59 Å². The standard InChI is InChI=1S/C25H29BrN2O4/c1-15(2)32-20-11-8-18(14-16(20)3)23(29)21-22(17-6-9-19(26)10-7-17)28(13-12-27(4)5)25(31)24(21)30/h6-11,14-15,22,29H,12-13H2,1-5H3/b23-21+/t22-/m1/s1. The molecule has 0 saturated carbocycles. The highest BCUT2D eigenvalue weighted by Crippen LogP contribution is 2.40. The number of halogens is 1. The fraction of sp³-hybridized carbons (Fsp3) is 0.360. The van der Waals surface area contributed by atoms with Crippen LogP contribution in [0.5, 0.6) is 5.75 Å². The Labute approximate surface area is 197 Å². The number of likely N-dealkylation sites (N-methyl/N-ethyl adjacent to an activating group) is 1. The lowest BCUT2D eigenvalue weighted by Gasteiger charge is -2.26. The number of amides is 1. The molecule has 1 fully saturated rings. The second-order valence-corrected chi connectivity index (χ2v) is 9.41. The molecule has 1 atom stereocenters. The Morgan fingerprint density at radius 1 is 1.16 bits per heavy atom. The van der Waals surface area contributed by atoms with Crippen LogP contribution in [0.25, 0.3) is 5.76 Å². The van der Waals surface area contributed by atoms with Gasteiger partial charge in [0.15, 0.2) is 0 Å². The molecule has 2 aromatic rings.